The topological polar surface area (TPSA) is 64.0 Å². The minimum Gasteiger partial charge on any atom is -0.325 e. The van der Waals surface area contributed by atoms with Gasteiger partial charge in [0.25, 0.3) is 5.56 Å². The molecule has 1 aromatic heterocycles. The zero-order valence-electron chi connectivity index (χ0n) is 19.2. The second kappa shape index (κ2) is 10.6. The highest BCUT2D eigenvalue weighted by molar-refractivity contribution is 8.00. The Morgan fingerprint density at radius 1 is 1.14 bits per heavy atom. The number of rotatable bonds is 6. The number of hydrogen-bond acceptors (Lipinski definition) is 5. The molecule has 0 unspecified atom stereocenters. The third-order valence-electron chi connectivity index (χ3n) is 6.53. The molecule has 0 bridgehead atoms. The van der Waals surface area contributed by atoms with Gasteiger partial charge in [0, 0.05) is 16.9 Å². The van der Waals surface area contributed by atoms with Crippen LogP contribution in [0.1, 0.15) is 49.7 Å². The lowest BCUT2D eigenvalue weighted by molar-refractivity contribution is -0.113. The van der Waals surface area contributed by atoms with Gasteiger partial charge in [-0.2, -0.15) is 0 Å². The van der Waals surface area contributed by atoms with E-state index in [1.807, 2.05) is 24.3 Å². The van der Waals surface area contributed by atoms with E-state index in [4.69, 9.17) is 28.2 Å². The molecule has 2 heterocycles. The van der Waals surface area contributed by atoms with Crippen LogP contribution in [-0.2, 0) is 11.2 Å². The lowest BCUT2D eigenvalue weighted by Crippen LogP contribution is -2.29. The Kier molecular flexibility index (Phi) is 7.49. The van der Waals surface area contributed by atoms with Crippen LogP contribution in [0, 0.1) is 0 Å². The number of halogens is 2. The predicted octanol–water partition coefficient (Wildman–Crippen LogP) is 6.96. The molecule has 182 valence electrons. The van der Waals surface area contributed by atoms with Gasteiger partial charge in [0.1, 0.15) is 5.03 Å². The molecule has 1 amide bonds. The van der Waals surface area contributed by atoms with E-state index in [1.165, 1.54) is 23.7 Å². The van der Waals surface area contributed by atoms with Gasteiger partial charge in [-0.25, -0.2) is 4.98 Å². The van der Waals surface area contributed by atoms with Gasteiger partial charge < -0.3 is 5.32 Å². The number of carbonyl (C=O) groups is 1. The van der Waals surface area contributed by atoms with Crippen molar-refractivity contribution in [3.63, 3.8) is 0 Å². The summed E-state index contributed by atoms with van der Waals surface area (Å²) >= 11 is 15.0. The highest BCUT2D eigenvalue weighted by Crippen LogP contribution is 2.50. The maximum atomic E-state index is 13.9. The number of anilines is 1. The molecular weight excluding hydrogens is 521 g/mol. The Morgan fingerprint density at radius 3 is 2.66 bits per heavy atom. The molecule has 1 saturated carbocycles. The number of aryl methyl sites for hydroxylation is 1. The first kappa shape index (κ1) is 24.8. The molecule has 1 aliphatic heterocycles. The van der Waals surface area contributed by atoms with E-state index in [0.29, 0.717) is 26.1 Å². The van der Waals surface area contributed by atoms with Crippen LogP contribution in [0.2, 0.25) is 10.0 Å². The van der Waals surface area contributed by atoms with Crippen molar-refractivity contribution in [2.45, 2.75) is 60.4 Å². The van der Waals surface area contributed by atoms with Gasteiger partial charge in [-0.05, 0) is 55.2 Å². The summed E-state index contributed by atoms with van der Waals surface area (Å²) in [5.74, 6) is 0.162. The highest BCUT2D eigenvalue weighted by atomic mass is 35.5. The zero-order chi connectivity index (χ0) is 24.5. The fourth-order valence-electron chi connectivity index (χ4n) is 4.72. The lowest BCUT2D eigenvalue weighted by atomic mass is 9.85. The predicted molar refractivity (Wildman–Crippen MR) is 146 cm³/mol. The van der Waals surface area contributed by atoms with E-state index in [1.54, 1.807) is 34.5 Å². The number of hydrogen-bond donors (Lipinski definition) is 1. The summed E-state index contributed by atoms with van der Waals surface area (Å²) in [6, 6.07) is 13.0. The van der Waals surface area contributed by atoms with E-state index in [0.717, 1.165) is 42.0 Å². The molecule has 5 nitrogen and oxygen atoms in total. The number of thioether (sulfide) groups is 2. The summed E-state index contributed by atoms with van der Waals surface area (Å²) in [6.45, 7) is 2.10. The molecule has 5 rings (SSSR count). The number of aromatic nitrogens is 2. The minimum absolute atomic E-state index is 0.00598. The first-order valence-electron chi connectivity index (χ1n) is 11.7. The smallest absolute Gasteiger partial charge is 0.263 e. The highest BCUT2D eigenvalue weighted by Gasteiger charge is 2.39. The van der Waals surface area contributed by atoms with E-state index in [-0.39, 0.29) is 23.1 Å². The van der Waals surface area contributed by atoms with Crippen molar-refractivity contribution in [3.8, 4) is 5.69 Å². The number of carbonyl (C=O) groups excluding carboxylic acids is 1. The van der Waals surface area contributed by atoms with Crippen LogP contribution in [0.25, 0.3) is 5.69 Å². The lowest BCUT2D eigenvalue weighted by Gasteiger charge is -2.24. The van der Waals surface area contributed by atoms with Crippen molar-refractivity contribution in [1.82, 2.24) is 9.55 Å². The Balaban J connectivity index is 1.46. The van der Waals surface area contributed by atoms with Crippen molar-refractivity contribution in [1.29, 1.82) is 0 Å². The number of nitrogens with zero attached hydrogens (tertiary/aromatic N) is 2. The molecule has 1 fully saturated rings. The molecule has 0 radical (unpaired) electrons. The molecule has 2 aromatic carbocycles. The average molecular weight is 547 g/mol. The summed E-state index contributed by atoms with van der Waals surface area (Å²) < 4.78 is 1.69. The van der Waals surface area contributed by atoms with E-state index in [2.05, 4.69) is 12.2 Å². The minimum atomic E-state index is -0.211. The third-order valence-corrected chi connectivity index (χ3v) is 9.61. The molecule has 35 heavy (non-hydrogen) atoms. The van der Waals surface area contributed by atoms with Gasteiger partial charge >= 0.3 is 0 Å². The van der Waals surface area contributed by atoms with Gasteiger partial charge in [0.05, 0.1) is 27.0 Å². The number of fused-ring (bicyclic) bond motifs is 3. The van der Waals surface area contributed by atoms with Crippen LogP contribution in [0.3, 0.4) is 0 Å². The van der Waals surface area contributed by atoms with Crippen molar-refractivity contribution in [3.05, 3.63) is 74.0 Å². The van der Waals surface area contributed by atoms with Crippen LogP contribution in [0.15, 0.2) is 57.4 Å². The van der Waals surface area contributed by atoms with E-state index in [9.17, 15) is 9.59 Å². The fraction of sp³-hybridized carbons (Fsp3) is 0.346. The first-order chi connectivity index (χ1) is 16.9. The van der Waals surface area contributed by atoms with Gasteiger partial charge in [-0.3, -0.25) is 14.2 Å². The maximum Gasteiger partial charge on any atom is 0.263 e. The fourth-order valence-corrected chi connectivity index (χ4v) is 7.39. The summed E-state index contributed by atoms with van der Waals surface area (Å²) in [5, 5.41) is 5.44. The molecule has 1 N–H and O–H groups in total. The van der Waals surface area contributed by atoms with E-state index >= 15 is 0 Å². The summed E-state index contributed by atoms with van der Waals surface area (Å²) in [7, 11) is 0. The molecule has 3 aromatic rings. The molecule has 2 atom stereocenters. The Hall–Kier alpha value is -1.93. The SMILES string of the molecule is CCc1ccc(-n2c(SCC(=O)Nc3ccc(Cl)c(Cl)c3)nc3c(c2=O)[C@H]2CCCC[C@H]2S3)cc1. The number of benzene rings is 2. The van der Waals surface area contributed by atoms with Gasteiger partial charge in [0.15, 0.2) is 5.16 Å². The van der Waals surface area contributed by atoms with Crippen molar-refractivity contribution >= 4 is 58.3 Å². The molecular formula is C26H25Cl2N3O2S2. The van der Waals surface area contributed by atoms with Crippen molar-refractivity contribution in [2.75, 3.05) is 11.1 Å². The van der Waals surface area contributed by atoms with Gasteiger partial charge in [-0.1, -0.05) is 66.9 Å². The van der Waals surface area contributed by atoms with E-state index < -0.39 is 0 Å². The quantitative estimate of drug-likeness (QED) is 0.206. The summed E-state index contributed by atoms with van der Waals surface area (Å²) in [5.41, 5.74) is 3.39. The van der Waals surface area contributed by atoms with Gasteiger partial charge in [-0.15, -0.1) is 11.8 Å². The summed E-state index contributed by atoms with van der Waals surface area (Å²) in [4.78, 5) is 31.5. The maximum absolute atomic E-state index is 13.9. The van der Waals surface area contributed by atoms with Gasteiger partial charge in [0.2, 0.25) is 5.91 Å². The molecule has 2 aliphatic rings. The Bertz CT molecular complexity index is 1330. The molecule has 9 heteroatoms. The van der Waals surface area contributed by atoms with Crippen molar-refractivity contribution in [2.24, 2.45) is 0 Å². The standard InChI is InChI=1S/C26H25Cl2N3O2S2/c1-2-15-7-10-17(11-8-15)31-25(33)23-18-5-3-4-6-21(18)35-24(23)30-26(31)34-14-22(32)29-16-9-12-19(27)20(28)13-16/h7-13,18,21H,2-6,14H2,1H3,(H,29,32)/t18-,21+/m0/s1. The second-order valence-corrected chi connectivity index (χ2v) is 11.8. The average Bonchev–Trinajstić information content (AvgIpc) is 3.24. The van der Waals surface area contributed by atoms with Crippen LogP contribution < -0.4 is 10.9 Å². The molecule has 0 saturated heterocycles. The largest absolute Gasteiger partial charge is 0.325 e. The normalized spacial score (nSPS) is 18.7. The zero-order valence-corrected chi connectivity index (χ0v) is 22.4. The van der Waals surface area contributed by atoms with Crippen LogP contribution in [0.5, 0.6) is 0 Å². The van der Waals surface area contributed by atoms with Crippen LogP contribution in [0.4, 0.5) is 5.69 Å². The second-order valence-electron chi connectivity index (χ2n) is 8.79. The summed E-state index contributed by atoms with van der Waals surface area (Å²) in [6.07, 6.45) is 5.43. The van der Waals surface area contributed by atoms with Crippen LogP contribution >= 0.6 is 46.7 Å². The molecule has 0 spiro atoms. The number of nitrogens with one attached hydrogen (secondary N) is 1. The van der Waals surface area contributed by atoms with Crippen LogP contribution in [-0.4, -0.2) is 26.5 Å². The third kappa shape index (κ3) is 5.15. The number of amides is 1. The first-order valence-corrected chi connectivity index (χ1v) is 14.4. The Morgan fingerprint density at radius 2 is 1.91 bits per heavy atom. The monoisotopic (exact) mass is 545 g/mol. The van der Waals surface area contributed by atoms with Crippen molar-refractivity contribution < 1.29 is 4.79 Å². The molecule has 1 aliphatic carbocycles. The Labute approximate surface area is 223 Å².